The average molecular weight is 253 g/mol. The van der Waals surface area contributed by atoms with Crippen molar-refractivity contribution >= 4 is 34.1 Å². The van der Waals surface area contributed by atoms with Crippen LogP contribution in [0.2, 0.25) is 0 Å². The van der Waals surface area contributed by atoms with Crippen LogP contribution in [0.25, 0.3) is 17.0 Å². The van der Waals surface area contributed by atoms with Crippen LogP contribution in [0.15, 0.2) is 54.1 Å². The van der Waals surface area contributed by atoms with Crippen LogP contribution in [0.5, 0.6) is 0 Å². The number of carbonyl (C=O) groups excluding carboxylic acids is 1. The molecular weight excluding hydrogens is 242 g/mol. The van der Waals surface area contributed by atoms with E-state index in [9.17, 15) is 4.79 Å². The Morgan fingerprint density at radius 3 is 2.89 bits per heavy atom. The molecule has 3 aromatic rings. The second kappa shape index (κ2) is 4.63. The number of allylic oxidation sites excluding steroid dienone is 1. The van der Waals surface area contributed by atoms with E-state index in [4.69, 9.17) is 0 Å². The second-order valence-electron chi connectivity index (χ2n) is 3.96. The normalized spacial score (nSPS) is 11.3. The lowest BCUT2D eigenvalue weighted by molar-refractivity contribution is 0.105. The van der Waals surface area contributed by atoms with Gasteiger partial charge in [-0.3, -0.25) is 4.79 Å². The van der Waals surface area contributed by atoms with Crippen molar-refractivity contribution in [3.63, 3.8) is 0 Å². The minimum absolute atomic E-state index is 0.0512. The van der Waals surface area contributed by atoms with E-state index in [1.807, 2.05) is 54.1 Å². The molecule has 0 radical (unpaired) electrons. The lowest BCUT2D eigenvalue weighted by Crippen LogP contribution is -1.88. The molecule has 2 aromatic heterocycles. The van der Waals surface area contributed by atoms with Gasteiger partial charge < -0.3 is 4.98 Å². The maximum atomic E-state index is 11.9. The van der Waals surface area contributed by atoms with Crippen molar-refractivity contribution in [3.05, 3.63) is 64.5 Å². The summed E-state index contributed by atoms with van der Waals surface area (Å²) in [6.45, 7) is 0. The van der Waals surface area contributed by atoms with Crippen LogP contribution in [0.4, 0.5) is 0 Å². The topological polar surface area (TPSA) is 32.9 Å². The highest BCUT2D eigenvalue weighted by Gasteiger charge is 2.03. The molecule has 1 N–H and O–H groups in total. The summed E-state index contributed by atoms with van der Waals surface area (Å²) in [4.78, 5) is 15.8. The summed E-state index contributed by atoms with van der Waals surface area (Å²) in [5, 5.41) is 3.04. The Morgan fingerprint density at radius 1 is 1.17 bits per heavy atom. The zero-order valence-corrected chi connectivity index (χ0v) is 10.4. The highest BCUT2D eigenvalue weighted by atomic mass is 32.1. The van der Waals surface area contributed by atoms with Crippen molar-refractivity contribution in [1.29, 1.82) is 0 Å². The molecule has 0 atom stereocenters. The van der Waals surface area contributed by atoms with Gasteiger partial charge in [0.2, 0.25) is 0 Å². The monoisotopic (exact) mass is 253 g/mol. The Morgan fingerprint density at radius 2 is 2.06 bits per heavy atom. The number of fused-ring (bicyclic) bond motifs is 1. The van der Waals surface area contributed by atoms with E-state index < -0.39 is 0 Å². The summed E-state index contributed by atoms with van der Waals surface area (Å²) in [6.07, 6.45) is 5.41. The molecule has 0 saturated heterocycles. The van der Waals surface area contributed by atoms with Gasteiger partial charge in [-0.2, -0.15) is 0 Å². The first-order valence-electron chi connectivity index (χ1n) is 5.66. The molecule has 0 amide bonds. The molecule has 2 nitrogen and oxygen atoms in total. The molecule has 0 fully saturated rings. The standard InChI is InChI=1S/C15H11NOS/c17-14(15-6-3-9-18-15)8-7-11-10-16-13-5-2-1-4-12(11)13/h1-10,16H. The Hall–Kier alpha value is -2.13. The molecule has 1 aromatic carbocycles. The summed E-state index contributed by atoms with van der Waals surface area (Å²) in [7, 11) is 0. The molecule has 3 heteroatoms. The molecule has 2 heterocycles. The van der Waals surface area contributed by atoms with Gasteiger partial charge in [0.25, 0.3) is 0 Å². The van der Waals surface area contributed by atoms with E-state index in [0.29, 0.717) is 0 Å². The van der Waals surface area contributed by atoms with Gasteiger partial charge >= 0.3 is 0 Å². The van der Waals surface area contributed by atoms with Crippen LogP contribution in [-0.2, 0) is 0 Å². The molecule has 0 unspecified atom stereocenters. The number of H-pyrrole nitrogens is 1. The van der Waals surface area contributed by atoms with Crippen molar-refractivity contribution in [3.8, 4) is 0 Å². The van der Waals surface area contributed by atoms with Crippen molar-refractivity contribution in [1.82, 2.24) is 4.98 Å². The van der Waals surface area contributed by atoms with E-state index in [-0.39, 0.29) is 5.78 Å². The van der Waals surface area contributed by atoms with Crippen molar-refractivity contribution in [2.24, 2.45) is 0 Å². The number of para-hydroxylation sites is 1. The van der Waals surface area contributed by atoms with Crippen LogP contribution in [0.1, 0.15) is 15.2 Å². The summed E-state index contributed by atoms with van der Waals surface area (Å²) >= 11 is 1.46. The number of carbonyl (C=O) groups is 1. The molecule has 0 aliphatic carbocycles. The summed E-state index contributed by atoms with van der Waals surface area (Å²) < 4.78 is 0. The van der Waals surface area contributed by atoms with Crippen LogP contribution < -0.4 is 0 Å². The maximum absolute atomic E-state index is 11.9. The first-order valence-corrected chi connectivity index (χ1v) is 6.54. The summed E-state index contributed by atoms with van der Waals surface area (Å²) in [5.74, 6) is 0.0512. The Balaban J connectivity index is 1.91. The van der Waals surface area contributed by atoms with Crippen molar-refractivity contribution in [2.45, 2.75) is 0 Å². The number of benzene rings is 1. The Kier molecular flexibility index (Phi) is 2.82. The Bertz CT molecular complexity index is 707. The number of rotatable bonds is 3. The van der Waals surface area contributed by atoms with Crippen LogP contribution in [0.3, 0.4) is 0 Å². The maximum Gasteiger partial charge on any atom is 0.195 e. The van der Waals surface area contributed by atoms with Crippen LogP contribution in [-0.4, -0.2) is 10.8 Å². The van der Waals surface area contributed by atoms with Gasteiger partial charge in [-0.1, -0.05) is 24.3 Å². The quantitative estimate of drug-likeness (QED) is 0.552. The van der Waals surface area contributed by atoms with Crippen molar-refractivity contribution < 1.29 is 4.79 Å². The number of aromatic nitrogens is 1. The van der Waals surface area contributed by atoms with E-state index in [2.05, 4.69) is 4.98 Å². The molecule has 0 aliphatic rings. The third-order valence-corrected chi connectivity index (χ3v) is 3.68. The SMILES string of the molecule is O=C(C=Cc1c[nH]c2ccccc12)c1cccs1. The minimum Gasteiger partial charge on any atom is -0.361 e. The molecular formula is C15H11NOS. The first kappa shape index (κ1) is 11.0. The van der Waals surface area contributed by atoms with Gasteiger partial charge in [-0.15, -0.1) is 11.3 Å². The van der Waals surface area contributed by atoms with Gasteiger partial charge in [0.05, 0.1) is 4.88 Å². The number of hydrogen-bond donors (Lipinski definition) is 1. The summed E-state index contributed by atoms with van der Waals surface area (Å²) in [5.41, 5.74) is 2.12. The smallest absolute Gasteiger partial charge is 0.195 e. The number of ketones is 1. The highest BCUT2D eigenvalue weighted by Crippen LogP contribution is 2.19. The fourth-order valence-corrected chi connectivity index (χ4v) is 2.54. The second-order valence-corrected chi connectivity index (χ2v) is 4.91. The highest BCUT2D eigenvalue weighted by molar-refractivity contribution is 7.12. The molecule has 0 aliphatic heterocycles. The lowest BCUT2D eigenvalue weighted by Gasteiger charge is -1.91. The summed E-state index contributed by atoms with van der Waals surface area (Å²) in [6, 6.07) is 11.8. The van der Waals surface area contributed by atoms with E-state index >= 15 is 0 Å². The van der Waals surface area contributed by atoms with Gasteiger partial charge in [0.1, 0.15) is 0 Å². The number of aromatic amines is 1. The predicted molar refractivity (Wildman–Crippen MR) is 76.0 cm³/mol. The zero-order valence-electron chi connectivity index (χ0n) is 9.59. The third kappa shape index (κ3) is 2.00. The lowest BCUT2D eigenvalue weighted by atomic mass is 10.1. The third-order valence-electron chi connectivity index (χ3n) is 2.80. The molecule has 0 spiro atoms. The fraction of sp³-hybridized carbons (Fsp3) is 0. The zero-order chi connectivity index (χ0) is 12.4. The fourth-order valence-electron chi connectivity index (χ4n) is 1.90. The molecule has 3 rings (SSSR count). The average Bonchev–Trinajstić information content (AvgIpc) is 3.06. The van der Waals surface area contributed by atoms with E-state index in [0.717, 1.165) is 21.3 Å². The van der Waals surface area contributed by atoms with Crippen LogP contribution >= 0.6 is 11.3 Å². The van der Waals surface area contributed by atoms with Gasteiger partial charge in [-0.05, 0) is 35.2 Å². The number of thiophene rings is 1. The minimum atomic E-state index is 0.0512. The first-order chi connectivity index (χ1) is 8.84. The van der Waals surface area contributed by atoms with Gasteiger partial charge in [0.15, 0.2) is 5.78 Å². The molecule has 18 heavy (non-hydrogen) atoms. The van der Waals surface area contributed by atoms with E-state index in [1.54, 1.807) is 6.08 Å². The Labute approximate surface area is 109 Å². The van der Waals surface area contributed by atoms with Gasteiger partial charge in [-0.25, -0.2) is 0 Å². The largest absolute Gasteiger partial charge is 0.361 e. The molecule has 0 saturated carbocycles. The molecule has 0 bridgehead atoms. The number of hydrogen-bond acceptors (Lipinski definition) is 2. The van der Waals surface area contributed by atoms with Crippen LogP contribution in [0, 0.1) is 0 Å². The van der Waals surface area contributed by atoms with E-state index in [1.165, 1.54) is 11.3 Å². The van der Waals surface area contributed by atoms with Gasteiger partial charge in [0, 0.05) is 17.1 Å². The number of nitrogens with one attached hydrogen (secondary N) is 1. The predicted octanol–water partition coefficient (Wildman–Crippen LogP) is 4.13. The van der Waals surface area contributed by atoms with Crippen molar-refractivity contribution in [2.75, 3.05) is 0 Å². The molecule has 88 valence electrons.